The van der Waals surface area contributed by atoms with E-state index in [1.54, 1.807) is 11.0 Å². The molecule has 0 bridgehead atoms. The summed E-state index contributed by atoms with van der Waals surface area (Å²) in [6.45, 7) is 2.63. The van der Waals surface area contributed by atoms with Gasteiger partial charge in [-0.05, 0) is 63.9 Å². The maximum atomic E-state index is 13.8. The van der Waals surface area contributed by atoms with E-state index in [0.29, 0.717) is 62.7 Å². The van der Waals surface area contributed by atoms with Crippen molar-refractivity contribution in [3.63, 3.8) is 0 Å². The number of alkyl halides is 3. The molecule has 0 radical (unpaired) electrons. The molecule has 3 fully saturated rings. The van der Waals surface area contributed by atoms with Gasteiger partial charge in [0.1, 0.15) is 11.5 Å². The second-order valence-corrected chi connectivity index (χ2v) is 12.2. The van der Waals surface area contributed by atoms with E-state index in [0.717, 1.165) is 0 Å². The van der Waals surface area contributed by atoms with Gasteiger partial charge in [-0.3, -0.25) is 19.8 Å². The van der Waals surface area contributed by atoms with Crippen LogP contribution in [0.15, 0.2) is 24.3 Å². The van der Waals surface area contributed by atoms with Crippen LogP contribution in [0, 0.1) is 17.2 Å². The molecule has 1 aliphatic carbocycles. The molecule has 2 saturated heterocycles. The highest BCUT2D eigenvalue weighted by Gasteiger charge is 2.44. The van der Waals surface area contributed by atoms with Gasteiger partial charge >= 0.3 is 12.1 Å². The van der Waals surface area contributed by atoms with Crippen molar-refractivity contribution in [2.45, 2.75) is 101 Å². The molecule has 4 rings (SSSR count). The van der Waals surface area contributed by atoms with Gasteiger partial charge in [-0.1, -0.05) is 31.5 Å². The summed E-state index contributed by atoms with van der Waals surface area (Å²) < 4.78 is 44.9. The highest BCUT2D eigenvalue weighted by molar-refractivity contribution is 6.37. The Kier molecular flexibility index (Phi) is 10.4. The first-order valence-electron chi connectivity index (χ1n) is 15.3. The first-order valence-corrected chi connectivity index (χ1v) is 15.3. The second kappa shape index (κ2) is 13.7. The Bertz CT molecular complexity index is 1180. The van der Waals surface area contributed by atoms with Crippen molar-refractivity contribution in [2.24, 2.45) is 11.8 Å². The van der Waals surface area contributed by atoms with Crippen LogP contribution >= 0.6 is 0 Å². The number of benzene rings is 1. The number of carbonyl (C=O) groups is 3. The number of aliphatic carboxylic acids is 1. The van der Waals surface area contributed by atoms with Gasteiger partial charge < -0.3 is 24.7 Å². The number of piperidine rings is 2. The summed E-state index contributed by atoms with van der Waals surface area (Å²) in [5.74, 6) is -2.33. The minimum Gasteiger partial charge on any atom is -0.490 e. The quantitative estimate of drug-likeness (QED) is 0.342. The van der Waals surface area contributed by atoms with Crippen LogP contribution in [0.2, 0.25) is 0 Å². The number of nitrogens with zero attached hydrogens (tertiary/aromatic N) is 2. The highest BCUT2D eigenvalue weighted by atomic mass is 19.4. The largest absolute Gasteiger partial charge is 0.490 e. The summed E-state index contributed by atoms with van der Waals surface area (Å²) >= 11 is 0. The van der Waals surface area contributed by atoms with Gasteiger partial charge in [-0.25, -0.2) is 0 Å². The highest BCUT2D eigenvalue weighted by Crippen LogP contribution is 2.40. The van der Waals surface area contributed by atoms with E-state index in [2.05, 4.69) is 0 Å². The predicted molar refractivity (Wildman–Crippen MR) is 152 cm³/mol. The zero-order chi connectivity index (χ0) is 31.4. The van der Waals surface area contributed by atoms with Gasteiger partial charge in [0.15, 0.2) is 0 Å². The van der Waals surface area contributed by atoms with Gasteiger partial charge in [0.25, 0.3) is 5.91 Å². The molecule has 1 aromatic rings. The lowest BCUT2D eigenvalue weighted by atomic mass is 9.81. The van der Waals surface area contributed by atoms with E-state index in [9.17, 15) is 37.8 Å². The number of rotatable bonds is 9. The molecule has 12 heteroatoms. The van der Waals surface area contributed by atoms with Gasteiger partial charge in [0.05, 0.1) is 30.0 Å². The SMILES string of the molecule is CCCC1C(C(=O)N2CCC(O)(c3ccccc3OC3CCC(C(=O)O)CC3)CC2)CCCN1C(=O)C(=N)CC(F)(F)F. The third-order valence-electron chi connectivity index (χ3n) is 9.18. The minimum atomic E-state index is -4.66. The fourth-order valence-electron chi connectivity index (χ4n) is 6.86. The van der Waals surface area contributed by atoms with Crippen molar-refractivity contribution in [3.8, 4) is 5.75 Å². The zero-order valence-electron chi connectivity index (χ0n) is 24.6. The van der Waals surface area contributed by atoms with Crippen molar-refractivity contribution in [3.05, 3.63) is 29.8 Å². The normalized spacial score (nSPS) is 26.1. The summed E-state index contributed by atoms with van der Waals surface area (Å²) in [7, 11) is 0. The van der Waals surface area contributed by atoms with Crippen molar-refractivity contribution < 1.29 is 42.5 Å². The van der Waals surface area contributed by atoms with E-state index in [1.165, 1.54) is 4.90 Å². The molecule has 1 aromatic carbocycles. The van der Waals surface area contributed by atoms with E-state index >= 15 is 0 Å². The van der Waals surface area contributed by atoms with Gasteiger partial charge in [0, 0.05) is 31.2 Å². The summed E-state index contributed by atoms with van der Waals surface area (Å²) in [5, 5.41) is 28.8. The van der Waals surface area contributed by atoms with Gasteiger partial charge in [-0.15, -0.1) is 0 Å². The lowest BCUT2D eigenvalue weighted by Gasteiger charge is -2.45. The smallest absolute Gasteiger partial charge is 0.394 e. The van der Waals surface area contributed by atoms with Crippen LogP contribution in [-0.4, -0.2) is 81.5 Å². The predicted octanol–water partition coefficient (Wildman–Crippen LogP) is 4.90. The molecular formula is C31H42F3N3O6. The zero-order valence-corrected chi connectivity index (χ0v) is 24.6. The molecule has 3 aliphatic rings. The Morgan fingerprint density at radius 3 is 2.30 bits per heavy atom. The molecule has 2 aliphatic heterocycles. The molecule has 1 saturated carbocycles. The Balaban J connectivity index is 1.41. The van der Waals surface area contributed by atoms with Crippen molar-refractivity contribution >= 4 is 23.5 Å². The van der Waals surface area contributed by atoms with E-state index < -0.39 is 47.7 Å². The summed E-state index contributed by atoms with van der Waals surface area (Å²) in [6, 6.07) is 6.67. The van der Waals surface area contributed by atoms with Crippen LogP contribution in [0.3, 0.4) is 0 Å². The average molecular weight is 610 g/mol. The lowest BCUT2D eigenvalue weighted by molar-refractivity contribution is -0.147. The fourth-order valence-corrected chi connectivity index (χ4v) is 6.86. The third kappa shape index (κ3) is 7.87. The Labute approximate surface area is 249 Å². The van der Waals surface area contributed by atoms with E-state index in [1.807, 2.05) is 25.1 Å². The van der Waals surface area contributed by atoms with Crippen LogP contribution in [0.1, 0.15) is 83.1 Å². The number of hydrogen-bond donors (Lipinski definition) is 3. The number of amides is 2. The number of carboxylic acids is 1. The van der Waals surface area contributed by atoms with Gasteiger partial charge in [0.2, 0.25) is 5.91 Å². The van der Waals surface area contributed by atoms with Crippen LogP contribution in [-0.2, 0) is 20.0 Å². The number of halogens is 3. The van der Waals surface area contributed by atoms with E-state index in [-0.39, 0.29) is 50.4 Å². The molecule has 0 aromatic heterocycles. The number of carboxylic acid groups (broad SMARTS) is 1. The number of hydrogen-bond acceptors (Lipinski definition) is 6. The topological polar surface area (TPSA) is 131 Å². The number of ether oxygens (including phenoxy) is 1. The first-order chi connectivity index (χ1) is 20.3. The molecule has 0 spiro atoms. The summed E-state index contributed by atoms with van der Waals surface area (Å²) in [5.41, 5.74) is -1.63. The average Bonchev–Trinajstić information content (AvgIpc) is 2.97. The van der Waals surface area contributed by atoms with Crippen LogP contribution in [0.25, 0.3) is 0 Å². The Morgan fingerprint density at radius 2 is 1.70 bits per heavy atom. The second-order valence-electron chi connectivity index (χ2n) is 12.2. The maximum absolute atomic E-state index is 13.8. The number of nitrogens with one attached hydrogen (secondary N) is 1. The lowest BCUT2D eigenvalue weighted by Crippen LogP contribution is -2.56. The van der Waals surface area contributed by atoms with E-state index in [4.69, 9.17) is 10.1 Å². The summed E-state index contributed by atoms with van der Waals surface area (Å²) in [4.78, 5) is 40.9. The van der Waals surface area contributed by atoms with Crippen LogP contribution < -0.4 is 4.74 Å². The first kappa shape index (κ1) is 32.8. The Hall–Kier alpha value is -3.15. The minimum absolute atomic E-state index is 0.146. The standard InChI is InChI=1S/C31H42F3N3O6/c1-2-6-25-22(7-5-16-37(25)28(39)24(35)19-31(32,33)34)27(38)36-17-14-30(42,15-18-36)23-8-3-4-9-26(23)43-21-12-10-20(11-13-21)29(40)41/h3-4,8-9,20-22,25,35,42H,2,5-7,10-19H2,1H3,(H,40,41). The number of likely N-dealkylation sites (tertiary alicyclic amines) is 2. The molecule has 3 N–H and O–H groups in total. The van der Waals surface area contributed by atoms with Crippen LogP contribution in [0.4, 0.5) is 13.2 Å². The molecular weight excluding hydrogens is 567 g/mol. The van der Waals surface area contributed by atoms with Crippen molar-refractivity contribution in [1.82, 2.24) is 9.80 Å². The van der Waals surface area contributed by atoms with Crippen LogP contribution in [0.5, 0.6) is 5.75 Å². The number of carbonyl (C=O) groups excluding carboxylic acids is 2. The molecule has 2 atom stereocenters. The Morgan fingerprint density at radius 1 is 1.05 bits per heavy atom. The number of para-hydroxylation sites is 1. The third-order valence-corrected chi connectivity index (χ3v) is 9.18. The summed E-state index contributed by atoms with van der Waals surface area (Å²) in [6.07, 6.45) is -1.56. The number of aliphatic hydroxyl groups is 1. The monoisotopic (exact) mass is 609 g/mol. The molecule has 2 unspecified atom stereocenters. The molecule has 2 heterocycles. The molecule has 2 amide bonds. The molecule has 9 nitrogen and oxygen atoms in total. The molecule has 238 valence electrons. The maximum Gasteiger partial charge on any atom is 0.394 e. The fraction of sp³-hybridized carbons (Fsp3) is 0.677. The van der Waals surface area contributed by atoms with Crippen molar-refractivity contribution in [2.75, 3.05) is 19.6 Å². The van der Waals surface area contributed by atoms with Crippen molar-refractivity contribution in [1.29, 1.82) is 5.41 Å². The molecule has 43 heavy (non-hydrogen) atoms. The van der Waals surface area contributed by atoms with Gasteiger partial charge in [-0.2, -0.15) is 13.2 Å².